The Kier molecular flexibility index (Phi) is 3.38. The minimum atomic E-state index is -0.603. The number of amides is 1. The molecule has 8 heteroatoms. The van der Waals surface area contributed by atoms with Gasteiger partial charge in [-0.2, -0.15) is 0 Å². The number of nitro groups is 1. The predicted molar refractivity (Wildman–Crippen MR) is 64.0 cm³/mol. The highest BCUT2D eigenvalue weighted by Crippen LogP contribution is 2.27. The number of carbonyl (C=O) groups excluding carboxylic acids is 1. The van der Waals surface area contributed by atoms with E-state index >= 15 is 0 Å². The molecule has 1 N–H and O–H groups in total. The van der Waals surface area contributed by atoms with Gasteiger partial charge in [0.05, 0.1) is 12.6 Å². The Hall–Kier alpha value is -2.22. The number of aromatic nitrogens is 1. The molecule has 7 nitrogen and oxygen atoms in total. The highest BCUT2D eigenvalue weighted by Gasteiger charge is 2.15. The highest BCUT2D eigenvalue weighted by atomic mass is 32.1. The number of hydrogen-bond acceptors (Lipinski definition) is 6. The Morgan fingerprint density at radius 2 is 2.39 bits per heavy atom. The van der Waals surface area contributed by atoms with Crippen LogP contribution >= 0.6 is 11.3 Å². The molecule has 0 bridgehead atoms. The second-order valence-corrected chi connectivity index (χ2v) is 4.37. The molecule has 0 atom stereocenters. The van der Waals surface area contributed by atoms with E-state index in [9.17, 15) is 14.9 Å². The molecule has 2 aromatic heterocycles. The van der Waals surface area contributed by atoms with Crippen molar-refractivity contribution in [2.24, 2.45) is 0 Å². The molecule has 2 rings (SSSR count). The van der Waals surface area contributed by atoms with E-state index in [1.807, 2.05) is 0 Å². The summed E-state index contributed by atoms with van der Waals surface area (Å²) in [4.78, 5) is 24.8. The first-order valence-corrected chi connectivity index (χ1v) is 5.87. The average molecular weight is 267 g/mol. The van der Waals surface area contributed by atoms with Gasteiger partial charge in [-0.1, -0.05) is 0 Å². The molecule has 2 aromatic rings. The van der Waals surface area contributed by atoms with E-state index in [-0.39, 0.29) is 11.8 Å². The third kappa shape index (κ3) is 2.72. The van der Waals surface area contributed by atoms with Crippen LogP contribution in [-0.4, -0.2) is 15.8 Å². The molecule has 0 aromatic carbocycles. The molecule has 1 amide bonds. The van der Waals surface area contributed by atoms with Gasteiger partial charge in [0.25, 0.3) is 0 Å². The van der Waals surface area contributed by atoms with Crippen molar-refractivity contribution in [2.75, 3.05) is 0 Å². The Morgan fingerprint density at radius 1 is 1.61 bits per heavy atom. The first kappa shape index (κ1) is 12.2. The maximum Gasteiger partial charge on any atom is 0.433 e. The van der Waals surface area contributed by atoms with E-state index < -0.39 is 4.92 Å². The maximum absolute atomic E-state index is 10.7. The van der Waals surface area contributed by atoms with Crippen LogP contribution in [0.15, 0.2) is 21.9 Å². The second-order valence-electron chi connectivity index (χ2n) is 3.43. The normalized spacial score (nSPS) is 10.3. The van der Waals surface area contributed by atoms with Gasteiger partial charge in [0.2, 0.25) is 5.91 Å². The van der Waals surface area contributed by atoms with Gasteiger partial charge in [0, 0.05) is 12.3 Å². The summed E-state index contributed by atoms with van der Waals surface area (Å²) in [5.74, 6) is -0.117. The van der Waals surface area contributed by atoms with Crippen LogP contribution in [0.1, 0.15) is 11.9 Å². The molecule has 94 valence electrons. The van der Waals surface area contributed by atoms with E-state index in [0.29, 0.717) is 23.0 Å². The monoisotopic (exact) mass is 267 g/mol. The maximum atomic E-state index is 10.7. The van der Waals surface area contributed by atoms with Crippen LogP contribution in [0.3, 0.4) is 0 Å². The summed E-state index contributed by atoms with van der Waals surface area (Å²) in [7, 11) is 0. The van der Waals surface area contributed by atoms with Gasteiger partial charge < -0.3 is 9.73 Å². The molecule has 0 aliphatic heterocycles. The zero-order valence-corrected chi connectivity index (χ0v) is 10.2. The van der Waals surface area contributed by atoms with Gasteiger partial charge in [-0.05, 0) is 6.07 Å². The molecule has 0 spiro atoms. The summed E-state index contributed by atoms with van der Waals surface area (Å²) >= 11 is 1.35. The van der Waals surface area contributed by atoms with Crippen molar-refractivity contribution in [3.05, 3.63) is 32.6 Å². The first-order valence-electron chi connectivity index (χ1n) is 4.99. The van der Waals surface area contributed by atoms with Crippen molar-refractivity contribution >= 4 is 23.1 Å². The van der Waals surface area contributed by atoms with Crippen LogP contribution in [0.25, 0.3) is 11.5 Å². The third-order valence-electron chi connectivity index (χ3n) is 2.06. The lowest BCUT2D eigenvalue weighted by Crippen LogP contribution is -2.18. The van der Waals surface area contributed by atoms with Crippen LogP contribution in [0, 0.1) is 10.1 Å². The number of nitrogens with one attached hydrogen (secondary N) is 1. The standard InChI is InChI=1S/C10H9N3O4S/c1-6(14)11-4-9-12-7(5-18-9)8-2-3-10(17-8)13(15)16/h2-3,5H,4H2,1H3,(H,11,14). The fourth-order valence-corrected chi connectivity index (χ4v) is 1.99. The van der Waals surface area contributed by atoms with Crippen LogP contribution in [0.2, 0.25) is 0 Å². The summed E-state index contributed by atoms with van der Waals surface area (Å²) in [5.41, 5.74) is 0.522. The van der Waals surface area contributed by atoms with Gasteiger partial charge in [0.1, 0.15) is 15.6 Å². The lowest BCUT2D eigenvalue weighted by molar-refractivity contribution is -0.401. The highest BCUT2D eigenvalue weighted by molar-refractivity contribution is 7.09. The third-order valence-corrected chi connectivity index (χ3v) is 2.91. The van der Waals surface area contributed by atoms with E-state index in [0.717, 1.165) is 0 Å². The van der Waals surface area contributed by atoms with Crippen LogP contribution in [0.4, 0.5) is 5.88 Å². The second kappa shape index (κ2) is 4.96. The van der Waals surface area contributed by atoms with Crippen molar-refractivity contribution in [2.45, 2.75) is 13.5 Å². The minimum Gasteiger partial charge on any atom is -0.399 e. The van der Waals surface area contributed by atoms with E-state index in [1.165, 1.54) is 30.4 Å². The number of carbonyl (C=O) groups is 1. The van der Waals surface area contributed by atoms with Crippen molar-refractivity contribution in [3.8, 4) is 11.5 Å². The molecule has 18 heavy (non-hydrogen) atoms. The lowest BCUT2D eigenvalue weighted by Gasteiger charge is -1.95. The quantitative estimate of drug-likeness (QED) is 0.674. The van der Waals surface area contributed by atoms with Crippen LogP contribution in [0.5, 0.6) is 0 Å². The van der Waals surface area contributed by atoms with E-state index in [1.54, 1.807) is 5.38 Å². The number of furan rings is 1. The molecule has 0 fully saturated rings. The predicted octanol–water partition coefficient (Wildman–Crippen LogP) is 1.95. The average Bonchev–Trinajstić information content (AvgIpc) is 2.95. The van der Waals surface area contributed by atoms with Crippen molar-refractivity contribution in [1.29, 1.82) is 0 Å². The minimum absolute atomic E-state index is 0.139. The molecule has 0 saturated carbocycles. The molecule has 0 aliphatic rings. The van der Waals surface area contributed by atoms with Crippen molar-refractivity contribution in [1.82, 2.24) is 10.3 Å². The van der Waals surface area contributed by atoms with Gasteiger partial charge in [-0.3, -0.25) is 14.9 Å². The first-order chi connectivity index (χ1) is 8.56. The van der Waals surface area contributed by atoms with Crippen LogP contribution in [-0.2, 0) is 11.3 Å². The number of nitrogens with zero attached hydrogens (tertiary/aromatic N) is 2. The summed E-state index contributed by atoms with van der Waals surface area (Å²) in [6.07, 6.45) is 0. The number of hydrogen-bond donors (Lipinski definition) is 1. The molecule has 2 heterocycles. The SMILES string of the molecule is CC(=O)NCc1nc(-c2ccc([N+](=O)[O-])o2)cs1. The topological polar surface area (TPSA) is 98.3 Å². The molecule has 0 aliphatic carbocycles. The fraction of sp³-hybridized carbons (Fsp3) is 0.200. The zero-order chi connectivity index (χ0) is 13.1. The van der Waals surface area contributed by atoms with Crippen molar-refractivity contribution < 1.29 is 14.1 Å². The Morgan fingerprint density at radius 3 is 3.00 bits per heavy atom. The van der Waals surface area contributed by atoms with Crippen molar-refractivity contribution in [3.63, 3.8) is 0 Å². The summed E-state index contributed by atoms with van der Waals surface area (Å²) in [5, 5.41) is 15.5. The Balaban J connectivity index is 2.13. The summed E-state index contributed by atoms with van der Waals surface area (Å²) in [6, 6.07) is 2.78. The van der Waals surface area contributed by atoms with E-state index in [2.05, 4.69) is 10.3 Å². The van der Waals surface area contributed by atoms with Gasteiger partial charge >= 0.3 is 5.88 Å². The molecule has 0 saturated heterocycles. The van der Waals surface area contributed by atoms with E-state index in [4.69, 9.17) is 4.42 Å². The van der Waals surface area contributed by atoms with Gasteiger partial charge in [0.15, 0.2) is 5.76 Å². The summed E-state index contributed by atoms with van der Waals surface area (Å²) in [6.45, 7) is 1.76. The number of thiazole rings is 1. The smallest absolute Gasteiger partial charge is 0.399 e. The molecule has 0 radical (unpaired) electrons. The van der Waals surface area contributed by atoms with Crippen LogP contribution < -0.4 is 5.32 Å². The fourth-order valence-electron chi connectivity index (χ4n) is 1.27. The number of rotatable bonds is 4. The Bertz CT molecular complexity index is 589. The molecule has 0 unspecified atom stereocenters. The molecular formula is C10H9N3O4S. The van der Waals surface area contributed by atoms with Gasteiger partial charge in [-0.25, -0.2) is 4.98 Å². The largest absolute Gasteiger partial charge is 0.433 e. The molecular weight excluding hydrogens is 258 g/mol. The van der Waals surface area contributed by atoms with Gasteiger partial charge in [-0.15, -0.1) is 11.3 Å². The lowest BCUT2D eigenvalue weighted by atomic mass is 10.4. The Labute approximate surface area is 106 Å². The summed E-state index contributed by atoms with van der Waals surface area (Å²) < 4.78 is 5.03. The zero-order valence-electron chi connectivity index (χ0n) is 9.37.